The monoisotopic (exact) mass is 285 g/mol. The summed E-state index contributed by atoms with van der Waals surface area (Å²) in [5.41, 5.74) is 1.26. The normalized spacial score (nSPS) is 10.4. The Morgan fingerprint density at radius 2 is 1.67 bits per heavy atom. The van der Waals surface area contributed by atoms with Crippen molar-refractivity contribution in [2.75, 3.05) is 14.2 Å². The van der Waals surface area contributed by atoms with Gasteiger partial charge in [-0.15, -0.1) is 0 Å². The number of rotatable bonds is 5. The number of nitrogens with zero attached hydrogens (tertiary/aromatic N) is 1. The number of ether oxygens (including phenoxy) is 2. The highest BCUT2D eigenvalue weighted by atomic mass is 16.6. The summed E-state index contributed by atoms with van der Waals surface area (Å²) >= 11 is 0. The highest BCUT2D eigenvalue weighted by Crippen LogP contribution is 2.26. The molecule has 0 aliphatic heterocycles. The second-order valence-corrected chi connectivity index (χ2v) is 4.08. The largest absolute Gasteiger partial charge is 0.493 e. The van der Waals surface area contributed by atoms with E-state index in [1.807, 2.05) is 0 Å². The molecule has 0 fully saturated rings. The van der Waals surface area contributed by atoms with Crippen molar-refractivity contribution < 1.29 is 19.1 Å². The van der Waals surface area contributed by atoms with Gasteiger partial charge in [0.1, 0.15) is 7.11 Å². The van der Waals surface area contributed by atoms with Gasteiger partial charge in [0.15, 0.2) is 11.5 Å². The lowest BCUT2D eigenvalue weighted by atomic mass is 10.1. The molecule has 5 heteroatoms. The topological polar surface area (TPSA) is 57.1 Å². The fourth-order valence-electron chi connectivity index (χ4n) is 1.68. The first-order valence-electron chi connectivity index (χ1n) is 6.26. The molecule has 0 spiro atoms. The average Bonchev–Trinajstić information content (AvgIpc) is 2.54. The Morgan fingerprint density at radius 1 is 1.00 bits per heavy atom. The van der Waals surface area contributed by atoms with E-state index >= 15 is 0 Å². The van der Waals surface area contributed by atoms with Crippen LogP contribution in [0.1, 0.15) is 15.9 Å². The number of benzene rings is 2. The summed E-state index contributed by atoms with van der Waals surface area (Å²) in [6.07, 6.45) is 1.55. The van der Waals surface area contributed by atoms with E-state index in [2.05, 4.69) is 9.99 Å². The quantitative estimate of drug-likeness (QED) is 0.367. The van der Waals surface area contributed by atoms with E-state index < -0.39 is 5.97 Å². The molecule has 0 aliphatic carbocycles. The van der Waals surface area contributed by atoms with Crippen LogP contribution in [0.15, 0.2) is 53.7 Å². The lowest BCUT2D eigenvalue weighted by Gasteiger charge is -2.08. The smallest absolute Gasteiger partial charge is 0.343 e. The molecule has 0 saturated carbocycles. The summed E-state index contributed by atoms with van der Waals surface area (Å²) in [6, 6.07) is 13.8. The van der Waals surface area contributed by atoms with Crippen LogP contribution in [0.2, 0.25) is 0 Å². The van der Waals surface area contributed by atoms with Crippen molar-refractivity contribution in [1.82, 2.24) is 0 Å². The molecule has 0 bridgehead atoms. The lowest BCUT2D eigenvalue weighted by molar-refractivity contribution is 0.0730. The number of oxime groups is 1. The number of hydrogen-bond acceptors (Lipinski definition) is 5. The SMILES string of the molecule is CO/N=C/c1ccc(C(=O)Oc2ccccc2OC)cc1. The molecule has 0 unspecified atom stereocenters. The van der Waals surface area contributed by atoms with Crippen molar-refractivity contribution in [3.63, 3.8) is 0 Å². The standard InChI is InChI=1S/C16H15NO4/c1-19-14-5-3-4-6-15(14)21-16(18)13-9-7-12(8-10-13)11-17-20-2/h3-11H,1-2H3/b17-11+. The van der Waals surface area contributed by atoms with Crippen LogP contribution in [-0.2, 0) is 4.84 Å². The molecular weight excluding hydrogens is 270 g/mol. The fraction of sp³-hybridized carbons (Fsp3) is 0.125. The number of carbonyl (C=O) groups excluding carboxylic acids is 1. The van der Waals surface area contributed by atoms with Crippen molar-refractivity contribution in [3.8, 4) is 11.5 Å². The van der Waals surface area contributed by atoms with E-state index in [1.54, 1.807) is 54.7 Å². The Labute approximate surface area is 122 Å². The zero-order valence-corrected chi connectivity index (χ0v) is 11.8. The third-order valence-corrected chi connectivity index (χ3v) is 2.73. The Bertz CT molecular complexity index is 635. The summed E-state index contributed by atoms with van der Waals surface area (Å²) in [5.74, 6) is 0.444. The molecule has 0 atom stereocenters. The first kappa shape index (κ1) is 14.6. The van der Waals surface area contributed by atoms with Crippen LogP contribution in [0.5, 0.6) is 11.5 Å². The molecule has 2 rings (SSSR count). The lowest BCUT2D eigenvalue weighted by Crippen LogP contribution is -2.09. The first-order valence-corrected chi connectivity index (χ1v) is 6.26. The van der Waals surface area contributed by atoms with Crippen molar-refractivity contribution >= 4 is 12.2 Å². The van der Waals surface area contributed by atoms with Crippen molar-refractivity contribution in [1.29, 1.82) is 0 Å². The fourth-order valence-corrected chi connectivity index (χ4v) is 1.68. The van der Waals surface area contributed by atoms with E-state index in [0.717, 1.165) is 5.56 Å². The molecule has 108 valence electrons. The van der Waals surface area contributed by atoms with Gasteiger partial charge in [-0.05, 0) is 29.8 Å². The van der Waals surface area contributed by atoms with Gasteiger partial charge >= 0.3 is 5.97 Å². The molecule has 21 heavy (non-hydrogen) atoms. The summed E-state index contributed by atoms with van der Waals surface area (Å²) in [5, 5.41) is 3.65. The first-order chi connectivity index (χ1) is 10.2. The number of para-hydroxylation sites is 2. The number of carbonyl (C=O) groups is 1. The van der Waals surface area contributed by atoms with Gasteiger partial charge in [-0.25, -0.2) is 4.79 Å². The number of methoxy groups -OCH3 is 1. The molecule has 2 aromatic rings. The van der Waals surface area contributed by atoms with E-state index in [1.165, 1.54) is 14.2 Å². The molecule has 0 N–H and O–H groups in total. The summed E-state index contributed by atoms with van der Waals surface area (Å²) in [7, 11) is 2.99. The number of esters is 1. The van der Waals surface area contributed by atoms with Gasteiger partial charge in [0.25, 0.3) is 0 Å². The van der Waals surface area contributed by atoms with Gasteiger partial charge in [-0.1, -0.05) is 29.4 Å². The van der Waals surface area contributed by atoms with Gasteiger partial charge in [0.2, 0.25) is 0 Å². The van der Waals surface area contributed by atoms with E-state index in [9.17, 15) is 4.79 Å². The van der Waals surface area contributed by atoms with Gasteiger partial charge in [0.05, 0.1) is 18.9 Å². The minimum atomic E-state index is -0.449. The van der Waals surface area contributed by atoms with Crippen LogP contribution in [0, 0.1) is 0 Å². The van der Waals surface area contributed by atoms with Crippen molar-refractivity contribution in [3.05, 3.63) is 59.7 Å². The molecule has 0 amide bonds. The Balaban J connectivity index is 2.11. The van der Waals surface area contributed by atoms with Crippen LogP contribution in [0.25, 0.3) is 0 Å². The van der Waals surface area contributed by atoms with E-state index in [-0.39, 0.29) is 0 Å². The predicted molar refractivity (Wildman–Crippen MR) is 79.0 cm³/mol. The van der Waals surface area contributed by atoms with Gasteiger partial charge in [-0.2, -0.15) is 0 Å². The summed E-state index contributed by atoms with van der Waals surface area (Å²) in [4.78, 5) is 16.7. The molecule has 5 nitrogen and oxygen atoms in total. The highest BCUT2D eigenvalue weighted by Gasteiger charge is 2.11. The zero-order valence-electron chi connectivity index (χ0n) is 11.8. The maximum absolute atomic E-state index is 12.1. The summed E-state index contributed by atoms with van der Waals surface area (Å²) in [6.45, 7) is 0. The van der Waals surface area contributed by atoms with Gasteiger partial charge in [0, 0.05) is 0 Å². The second-order valence-electron chi connectivity index (χ2n) is 4.08. The zero-order chi connectivity index (χ0) is 15.1. The van der Waals surface area contributed by atoms with Crippen molar-refractivity contribution in [2.45, 2.75) is 0 Å². The van der Waals surface area contributed by atoms with Gasteiger partial charge in [-0.3, -0.25) is 0 Å². The minimum absolute atomic E-state index is 0.384. The molecule has 2 aromatic carbocycles. The Kier molecular flexibility index (Phi) is 4.93. The minimum Gasteiger partial charge on any atom is -0.493 e. The molecule has 0 radical (unpaired) electrons. The Morgan fingerprint density at radius 3 is 2.29 bits per heavy atom. The molecule has 0 heterocycles. The molecular formula is C16H15NO4. The van der Waals surface area contributed by atoms with E-state index in [4.69, 9.17) is 9.47 Å². The van der Waals surface area contributed by atoms with Gasteiger partial charge < -0.3 is 14.3 Å². The highest BCUT2D eigenvalue weighted by molar-refractivity contribution is 5.92. The average molecular weight is 285 g/mol. The third-order valence-electron chi connectivity index (χ3n) is 2.73. The maximum Gasteiger partial charge on any atom is 0.343 e. The maximum atomic E-state index is 12.1. The molecule has 0 saturated heterocycles. The second kappa shape index (κ2) is 7.09. The molecule has 0 aromatic heterocycles. The Hall–Kier alpha value is -2.82. The van der Waals surface area contributed by atoms with Crippen LogP contribution in [0.3, 0.4) is 0 Å². The van der Waals surface area contributed by atoms with Crippen LogP contribution in [-0.4, -0.2) is 26.4 Å². The van der Waals surface area contributed by atoms with Crippen LogP contribution >= 0.6 is 0 Å². The third kappa shape index (κ3) is 3.82. The van der Waals surface area contributed by atoms with Crippen molar-refractivity contribution in [2.24, 2.45) is 5.16 Å². The van der Waals surface area contributed by atoms with Crippen LogP contribution in [0.4, 0.5) is 0 Å². The predicted octanol–water partition coefficient (Wildman–Crippen LogP) is 2.89. The van der Waals surface area contributed by atoms with Crippen LogP contribution < -0.4 is 9.47 Å². The number of hydrogen-bond donors (Lipinski definition) is 0. The molecule has 0 aliphatic rings. The van der Waals surface area contributed by atoms with E-state index in [0.29, 0.717) is 17.1 Å². The summed E-state index contributed by atoms with van der Waals surface area (Å²) < 4.78 is 10.5.